The molecule has 4 nitrogen and oxygen atoms in total. The Hall–Kier alpha value is -1.39. The molecule has 98 valence electrons. The van der Waals surface area contributed by atoms with E-state index in [4.69, 9.17) is 5.84 Å². The third-order valence-electron chi connectivity index (χ3n) is 3.57. The molecule has 4 heteroatoms. The van der Waals surface area contributed by atoms with E-state index in [1.54, 1.807) is 0 Å². The first-order valence-electron chi connectivity index (χ1n) is 6.33. The van der Waals surface area contributed by atoms with Gasteiger partial charge < -0.3 is 0 Å². The second-order valence-electron chi connectivity index (χ2n) is 5.59. The summed E-state index contributed by atoms with van der Waals surface area (Å²) in [6, 6.07) is 8.50. The van der Waals surface area contributed by atoms with Gasteiger partial charge in [0.2, 0.25) is 5.91 Å². The van der Waals surface area contributed by atoms with Crippen LogP contribution in [0.2, 0.25) is 0 Å². The van der Waals surface area contributed by atoms with E-state index in [2.05, 4.69) is 34.6 Å². The lowest BCUT2D eigenvalue weighted by Crippen LogP contribution is -2.48. The van der Waals surface area contributed by atoms with Crippen molar-refractivity contribution in [3.63, 3.8) is 0 Å². The highest BCUT2D eigenvalue weighted by Crippen LogP contribution is 2.23. The quantitative estimate of drug-likeness (QED) is 0.477. The molecule has 0 aromatic heterocycles. The molecule has 0 spiro atoms. The van der Waals surface area contributed by atoms with Gasteiger partial charge in [0.1, 0.15) is 0 Å². The lowest BCUT2D eigenvalue weighted by atomic mass is 9.90. The number of nitrogens with one attached hydrogen (secondary N) is 1. The molecule has 0 radical (unpaired) electrons. The summed E-state index contributed by atoms with van der Waals surface area (Å²) in [5, 5.41) is 0. The minimum absolute atomic E-state index is 0.110. The van der Waals surface area contributed by atoms with Gasteiger partial charge in [0.15, 0.2) is 0 Å². The molecule has 0 saturated heterocycles. The normalized spacial score (nSPS) is 16.2. The zero-order valence-electron chi connectivity index (χ0n) is 11.1. The predicted molar refractivity (Wildman–Crippen MR) is 71.5 cm³/mol. The third kappa shape index (κ3) is 2.71. The van der Waals surface area contributed by atoms with Crippen molar-refractivity contribution >= 4 is 5.91 Å². The number of carbonyl (C=O) groups excluding carboxylic acids is 1. The van der Waals surface area contributed by atoms with Crippen LogP contribution in [0.1, 0.15) is 25.0 Å². The molecule has 1 aromatic carbocycles. The number of nitrogens with two attached hydrogens (primary N) is 1. The van der Waals surface area contributed by atoms with Crippen molar-refractivity contribution in [2.75, 3.05) is 13.1 Å². The summed E-state index contributed by atoms with van der Waals surface area (Å²) < 4.78 is 0. The Kier molecular flexibility index (Phi) is 3.68. The van der Waals surface area contributed by atoms with Gasteiger partial charge in [-0.25, -0.2) is 5.84 Å². The summed E-state index contributed by atoms with van der Waals surface area (Å²) in [7, 11) is 0. The number of rotatable bonds is 3. The van der Waals surface area contributed by atoms with Crippen molar-refractivity contribution in [1.82, 2.24) is 10.3 Å². The van der Waals surface area contributed by atoms with E-state index in [1.807, 2.05) is 13.8 Å². The molecule has 1 heterocycles. The first kappa shape index (κ1) is 13.1. The Morgan fingerprint density at radius 1 is 1.39 bits per heavy atom. The number of amides is 1. The fourth-order valence-electron chi connectivity index (χ4n) is 2.52. The van der Waals surface area contributed by atoms with Crippen molar-refractivity contribution < 1.29 is 4.79 Å². The maximum Gasteiger partial charge on any atom is 0.240 e. The Balaban J connectivity index is 2.04. The summed E-state index contributed by atoms with van der Waals surface area (Å²) in [6.07, 6.45) is 1.05. The van der Waals surface area contributed by atoms with Gasteiger partial charge in [-0.15, -0.1) is 0 Å². The molecular formula is C14H21N3O. The number of fused-ring (bicyclic) bond motifs is 1. The fraction of sp³-hybridized carbons (Fsp3) is 0.500. The number of carbonyl (C=O) groups is 1. The molecule has 0 unspecified atom stereocenters. The monoisotopic (exact) mass is 247 g/mol. The smallest absolute Gasteiger partial charge is 0.240 e. The van der Waals surface area contributed by atoms with E-state index in [0.717, 1.165) is 26.1 Å². The zero-order chi connectivity index (χ0) is 13.2. The molecule has 1 aliphatic rings. The van der Waals surface area contributed by atoms with Gasteiger partial charge in [0.05, 0.1) is 5.41 Å². The van der Waals surface area contributed by atoms with Crippen LogP contribution >= 0.6 is 0 Å². The van der Waals surface area contributed by atoms with Crippen molar-refractivity contribution in [3.05, 3.63) is 35.4 Å². The van der Waals surface area contributed by atoms with Gasteiger partial charge in [-0.1, -0.05) is 24.3 Å². The second-order valence-corrected chi connectivity index (χ2v) is 5.59. The molecular weight excluding hydrogens is 226 g/mol. The van der Waals surface area contributed by atoms with E-state index in [1.165, 1.54) is 11.1 Å². The van der Waals surface area contributed by atoms with Crippen molar-refractivity contribution in [2.24, 2.45) is 11.3 Å². The van der Waals surface area contributed by atoms with E-state index in [0.29, 0.717) is 0 Å². The maximum absolute atomic E-state index is 11.7. The standard InChI is InChI=1S/C14H21N3O/c1-14(2,13(18)16-15)10-17-8-7-11-5-3-4-6-12(11)9-17/h3-6H,7-10,15H2,1-2H3,(H,16,18). The highest BCUT2D eigenvalue weighted by molar-refractivity contribution is 5.81. The lowest BCUT2D eigenvalue weighted by Gasteiger charge is -2.34. The summed E-state index contributed by atoms with van der Waals surface area (Å²) in [4.78, 5) is 14.0. The number of hydrogen-bond donors (Lipinski definition) is 2. The van der Waals surface area contributed by atoms with Crippen LogP contribution in [0.15, 0.2) is 24.3 Å². The Bertz CT molecular complexity index is 442. The number of benzene rings is 1. The molecule has 3 N–H and O–H groups in total. The van der Waals surface area contributed by atoms with E-state index in [-0.39, 0.29) is 5.91 Å². The topological polar surface area (TPSA) is 58.4 Å². The fourth-order valence-corrected chi connectivity index (χ4v) is 2.52. The first-order valence-corrected chi connectivity index (χ1v) is 6.33. The van der Waals surface area contributed by atoms with Crippen molar-refractivity contribution in [1.29, 1.82) is 0 Å². The van der Waals surface area contributed by atoms with Gasteiger partial charge in [-0.2, -0.15) is 0 Å². The van der Waals surface area contributed by atoms with Crippen LogP contribution in [-0.2, 0) is 17.8 Å². The van der Waals surface area contributed by atoms with Crippen LogP contribution in [0.3, 0.4) is 0 Å². The average molecular weight is 247 g/mol. The summed E-state index contributed by atoms with van der Waals surface area (Å²) in [5.41, 5.74) is 4.59. The largest absolute Gasteiger partial charge is 0.298 e. The molecule has 1 amide bonds. The molecule has 0 aliphatic carbocycles. The molecule has 0 bridgehead atoms. The van der Waals surface area contributed by atoms with Crippen LogP contribution in [0.25, 0.3) is 0 Å². The van der Waals surface area contributed by atoms with Crippen LogP contribution in [0.5, 0.6) is 0 Å². The molecule has 0 atom stereocenters. The molecule has 1 aromatic rings. The zero-order valence-corrected chi connectivity index (χ0v) is 11.1. The third-order valence-corrected chi connectivity index (χ3v) is 3.57. The minimum Gasteiger partial charge on any atom is -0.298 e. The van der Waals surface area contributed by atoms with E-state index < -0.39 is 5.41 Å². The average Bonchev–Trinajstić information content (AvgIpc) is 2.37. The van der Waals surface area contributed by atoms with Gasteiger partial charge in [-0.05, 0) is 31.4 Å². The van der Waals surface area contributed by atoms with E-state index in [9.17, 15) is 4.79 Å². The van der Waals surface area contributed by atoms with Crippen LogP contribution in [-0.4, -0.2) is 23.9 Å². The van der Waals surface area contributed by atoms with E-state index >= 15 is 0 Å². The Labute approximate surface area is 108 Å². The predicted octanol–water partition coefficient (Wildman–Crippen LogP) is 1.06. The van der Waals surface area contributed by atoms with Gasteiger partial charge in [-0.3, -0.25) is 15.1 Å². The molecule has 18 heavy (non-hydrogen) atoms. The summed E-state index contributed by atoms with van der Waals surface area (Å²) >= 11 is 0. The molecule has 1 aliphatic heterocycles. The van der Waals surface area contributed by atoms with Crippen LogP contribution in [0.4, 0.5) is 0 Å². The van der Waals surface area contributed by atoms with Crippen molar-refractivity contribution in [3.8, 4) is 0 Å². The molecule has 0 saturated carbocycles. The van der Waals surface area contributed by atoms with Crippen LogP contribution < -0.4 is 11.3 Å². The minimum atomic E-state index is -0.457. The molecule has 0 fully saturated rings. The highest BCUT2D eigenvalue weighted by atomic mass is 16.2. The van der Waals surface area contributed by atoms with Gasteiger partial charge in [0, 0.05) is 19.6 Å². The summed E-state index contributed by atoms with van der Waals surface area (Å²) in [5.74, 6) is 5.11. The Morgan fingerprint density at radius 2 is 2.06 bits per heavy atom. The van der Waals surface area contributed by atoms with Gasteiger partial charge in [0.25, 0.3) is 0 Å². The Morgan fingerprint density at radius 3 is 2.72 bits per heavy atom. The lowest BCUT2D eigenvalue weighted by molar-refractivity contribution is -0.130. The highest BCUT2D eigenvalue weighted by Gasteiger charge is 2.30. The number of nitrogens with zero attached hydrogens (tertiary/aromatic N) is 1. The summed E-state index contributed by atoms with van der Waals surface area (Å²) in [6.45, 7) is 6.49. The van der Waals surface area contributed by atoms with Crippen LogP contribution in [0, 0.1) is 5.41 Å². The second kappa shape index (κ2) is 5.08. The molecule has 2 rings (SSSR count). The maximum atomic E-state index is 11.7. The SMILES string of the molecule is CC(C)(CN1CCc2ccccc2C1)C(=O)NN. The van der Waals surface area contributed by atoms with Crippen molar-refractivity contribution in [2.45, 2.75) is 26.8 Å². The number of hydrazine groups is 1. The van der Waals surface area contributed by atoms with Gasteiger partial charge >= 0.3 is 0 Å². The first-order chi connectivity index (χ1) is 8.53. The number of hydrogen-bond acceptors (Lipinski definition) is 3.